The van der Waals surface area contributed by atoms with Crippen LogP contribution in [0.4, 0.5) is 13.2 Å². The van der Waals surface area contributed by atoms with Crippen LogP contribution in [0.25, 0.3) is 0 Å². The van der Waals surface area contributed by atoms with E-state index in [1.54, 1.807) is 12.1 Å². The molecule has 3 nitrogen and oxygen atoms in total. The van der Waals surface area contributed by atoms with E-state index in [1.165, 1.54) is 12.1 Å². The molecule has 1 rings (SSSR count). The first kappa shape index (κ1) is 16.7. The molecule has 0 saturated carbocycles. The number of hydrogen-bond acceptors (Lipinski definition) is 3. The van der Waals surface area contributed by atoms with Gasteiger partial charge in [-0.15, -0.1) is 0 Å². The van der Waals surface area contributed by atoms with Crippen LogP contribution in [0.2, 0.25) is 6.55 Å². The fourth-order valence-electron chi connectivity index (χ4n) is 1.73. The van der Waals surface area contributed by atoms with Crippen molar-refractivity contribution in [1.29, 1.82) is 0 Å². The van der Waals surface area contributed by atoms with Gasteiger partial charge in [0.05, 0.1) is 0 Å². The monoisotopic (exact) mass is 306 g/mol. The average Bonchev–Trinajstić information content (AvgIpc) is 2.39. The standard InChI is InChI=1S/C13H17F3O3Si/c1-4-17-20(3,18-5-2)11-8-6-10(7-9-11)19-13(16)12(14)15/h6-9H,4-5H2,1-3H3. The maximum atomic E-state index is 12.7. The molecule has 0 aliphatic carbocycles. The lowest BCUT2D eigenvalue weighted by molar-refractivity contribution is 0.202. The van der Waals surface area contributed by atoms with Gasteiger partial charge in [0, 0.05) is 13.2 Å². The van der Waals surface area contributed by atoms with Crippen LogP contribution in [0.3, 0.4) is 0 Å². The SMILES string of the molecule is CCO[Si](C)(OCC)c1ccc(OC(F)=C(F)F)cc1. The molecule has 0 aliphatic rings. The van der Waals surface area contributed by atoms with Crippen molar-refractivity contribution >= 4 is 13.7 Å². The summed E-state index contributed by atoms with van der Waals surface area (Å²) in [5.41, 5.74) is 0. The summed E-state index contributed by atoms with van der Waals surface area (Å²) in [5.74, 6) is -0.0107. The molecule has 112 valence electrons. The third-order valence-electron chi connectivity index (χ3n) is 2.57. The minimum atomic E-state index is -2.52. The molecule has 1 aromatic rings. The molecule has 0 spiro atoms. The predicted molar refractivity (Wildman–Crippen MR) is 71.9 cm³/mol. The molecule has 0 N–H and O–H groups in total. The van der Waals surface area contributed by atoms with Gasteiger partial charge >= 0.3 is 20.7 Å². The maximum absolute atomic E-state index is 12.7. The number of halogens is 3. The van der Waals surface area contributed by atoms with E-state index in [0.29, 0.717) is 13.2 Å². The lowest BCUT2D eigenvalue weighted by atomic mass is 10.3. The van der Waals surface area contributed by atoms with Crippen molar-refractivity contribution in [3.63, 3.8) is 0 Å². The Morgan fingerprint density at radius 2 is 1.50 bits per heavy atom. The van der Waals surface area contributed by atoms with Crippen molar-refractivity contribution in [3.05, 3.63) is 36.4 Å². The molecule has 0 heterocycles. The third-order valence-corrected chi connectivity index (χ3v) is 5.64. The Bertz CT molecular complexity index is 452. The van der Waals surface area contributed by atoms with Crippen molar-refractivity contribution < 1.29 is 26.8 Å². The second-order valence-corrected chi connectivity index (χ2v) is 7.02. The number of ether oxygens (including phenoxy) is 1. The Kier molecular flexibility index (Phi) is 6.25. The topological polar surface area (TPSA) is 27.7 Å². The van der Waals surface area contributed by atoms with Crippen molar-refractivity contribution in [2.24, 2.45) is 0 Å². The van der Waals surface area contributed by atoms with Crippen molar-refractivity contribution in [2.75, 3.05) is 13.2 Å². The molecule has 0 saturated heterocycles. The second-order valence-electron chi connectivity index (χ2n) is 3.97. The number of rotatable bonds is 7. The largest absolute Gasteiger partial charge is 0.428 e. The van der Waals surface area contributed by atoms with Gasteiger partial charge in [-0.1, -0.05) is 12.1 Å². The van der Waals surface area contributed by atoms with Gasteiger partial charge in [-0.05, 0) is 37.7 Å². The molecular weight excluding hydrogens is 289 g/mol. The minimum Gasteiger partial charge on any atom is -0.428 e. The zero-order chi connectivity index (χ0) is 15.2. The molecule has 0 aliphatic heterocycles. The zero-order valence-electron chi connectivity index (χ0n) is 11.6. The Morgan fingerprint density at radius 1 is 1.00 bits per heavy atom. The van der Waals surface area contributed by atoms with Crippen LogP contribution in [-0.4, -0.2) is 21.8 Å². The van der Waals surface area contributed by atoms with E-state index in [1.807, 2.05) is 20.4 Å². The van der Waals surface area contributed by atoms with E-state index < -0.39 is 20.7 Å². The summed E-state index contributed by atoms with van der Waals surface area (Å²) in [6.45, 7) is 6.63. The van der Waals surface area contributed by atoms with Crippen LogP contribution >= 0.6 is 0 Å². The molecule has 0 radical (unpaired) electrons. The lowest BCUT2D eigenvalue weighted by Crippen LogP contribution is -2.51. The Balaban J connectivity index is 2.91. The minimum absolute atomic E-state index is 0.0107. The molecule has 7 heteroatoms. The quantitative estimate of drug-likeness (QED) is 0.570. The van der Waals surface area contributed by atoms with Gasteiger partial charge < -0.3 is 13.6 Å². The fraction of sp³-hybridized carbons (Fsp3) is 0.385. The van der Waals surface area contributed by atoms with E-state index in [0.717, 1.165) is 5.19 Å². The Morgan fingerprint density at radius 3 is 1.90 bits per heavy atom. The average molecular weight is 306 g/mol. The van der Waals surface area contributed by atoms with Crippen molar-refractivity contribution in [3.8, 4) is 5.75 Å². The first-order valence-corrected chi connectivity index (χ1v) is 8.51. The van der Waals surface area contributed by atoms with E-state index >= 15 is 0 Å². The first-order valence-electron chi connectivity index (χ1n) is 6.20. The number of hydrogen-bond donors (Lipinski definition) is 0. The normalized spacial score (nSPS) is 11.3. The summed E-state index contributed by atoms with van der Waals surface area (Å²) >= 11 is 0. The highest BCUT2D eigenvalue weighted by Crippen LogP contribution is 2.18. The smallest absolute Gasteiger partial charge is 0.369 e. The summed E-state index contributed by atoms with van der Waals surface area (Å²) < 4.78 is 52.2. The van der Waals surface area contributed by atoms with E-state index in [9.17, 15) is 13.2 Å². The molecule has 0 fully saturated rings. The Hall–Kier alpha value is -1.31. The number of benzene rings is 1. The van der Waals surface area contributed by atoms with Gasteiger partial charge in [-0.2, -0.15) is 13.2 Å². The van der Waals surface area contributed by atoms with Crippen LogP contribution in [0.1, 0.15) is 13.8 Å². The van der Waals surface area contributed by atoms with Crippen LogP contribution in [0, 0.1) is 0 Å². The summed E-state index contributed by atoms with van der Waals surface area (Å²) in [6.07, 6.45) is -2.49. The second kappa shape index (κ2) is 7.46. The highest BCUT2D eigenvalue weighted by molar-refractivity contribution is 6.79. The van der Waals surface area contributed by atoms with Gasteiger partial charge in [0.1, 0.15) is 5.75 Å². The lowest BCUT2D eigenvalue weighted by Gasteiger charge is -2.26. The first-order chi connectivity index (χ1) is 9.42. The highest BCUT2D eigenvalue weighted by atomic mass is 28.4. The molecule has 0 amide bonds. The van der Waals surface area contributed by atoms with E-state index in [2.05, 4.69) is 4.74 Å². The fourth-order valence-corrected chi connectivity index (χ4v) is 4.02. The van der Waals surface area contributed by atoms with Crippen LogP contribution < -0.4 is 9.92 Å². The van der Waals surface area contributed by atoms with Crippen LogP contribution in [0.5, 0.6) is 5.75 Å². The third kappa shape index (κ3) is 4.36. The van der Waals surface area contributed by atoms with Gasteiger partial charge in [-0.25, -0.2) is 0 Å². The van der Waals surface area contributed by atoms with Crippen LogP contribution in [-0.2, 0) is 8.85 Å². The molecule has 0 atom stereocenters. The molecule has 1 aromatic carbocycles. The molecule has 0 bridgehead atoms. The highest BCUT2D eigenvalue weighted by Gasteiger charge is 2.33. The summed E-state index contributed by atoms with van der Waals surface area (Å²) in [7, 11) is -2.52. The molecular formula is C13H17F3O3Si. The zero-order valence-corrected chi connectivity index (χ0v) is 12.6. The van der Waals surface area contributed by atoms with Crippen molar-refractivity contribution in [1.82, 2.24) is 0 Å². The van der Waals surface area contributed by atoms with E-state index in [4.69, 9.17) is 8.85 Å². The molecule has 0 unspecified atom stereocenters. The van der Waals surface area contributed by atoms with Gasteiger partial charge in [0.25, 0.3) is 0 Å². The van der Waals surface area contributed by atoms with Gasteiger partial charge in [0.15, 0.2) is 0 Å². The summed E-state index contributed by atoms with van der Waals surface area (Å²) in [5, 5.41) is 0.818. The molecule has 20 heavy (non-hydrogen) atoms. The van der Waals surface area contributed by atoms with Gasteiger partial charge in [-0.3, -0.25) is 0 Å². The summed E-state index contributed by atoms with van der Waals surface area (Å²) in [4.78, 5) is 0. The maximum Gasteiger partial charge on any atom is 0.369 e. The molecule has 0 aromatic heterocycles. The van der Waals surface area contributed by atoms with E-state index in [-0.39, 0.29) is 5.75 Å². The Labute approximate surface area is 117 Å². The predicted octanol–water partition coefficient (Wildman–Crippen LogP) is 3.45. The van der Waals surface area contributed by atoms with Gasteiger partial charge in [0.2, 0.25) is 0 Å². The van der Waals surface area contributed by atoms with Crippen LogP contribution in [0.15, 0.2) is 36.4 Å². The summed E-state index contributed by atoms with van der Waals surface area (Å²) in [6, 6.07) is 4.18. The van der Waals surface area contributed by atoms with Crippen molar-refractivity contribution in [2.45, 2.75) is 20.4 Å².